The molecule has 0 aliphatic carbocycles. The van der Waals surface area contributed by atoms with Gasteiger partial charge in [-0.2, -0.15) is 0 Å². The molecule has 0 aromatic heterocycles. The summed E-state index contributed by atoms with van der Waals surface area (Å²) in [5.41, 5.74) is 5.55. The minimum absolute atomic E-state index is 0.0115. The molecule has 1 saturated heterocycles. The van der Waals surface area contributed by atoms with Crippen LogP contribution in [-0.2, 0) is 0 Å². The Morgan fingerprint density at radius 3 is 2.85 bits per heavy atom. The van der Waals surface area contributed by atoms with Crippen LogP contribution in [0, 0.1) is 17.6 Å². The Morgan fingerprint density at radius 2 is 2.20 bits per heavy atom. The maximum atomic E-state index is 13.5. The van der Waals surface area contributed by atoms with Gasteiger partial charge in [-0.1, -0.05) is 12.2 Å². The summed E-state index contributed by atoms with van der Waals surface area (Å²) in [6.07, 6.45) is 1.64. The predicted molar refractivity (Wildman–Crippen MR) is 76.5 cm³/mol. The molecule has 1 atom stereocenters. The van der Waals surface area contributed by atoms with Gasteiger partial charge in [0, 0.05) is 25.1 Å². The second-order valence-corrected chi connectivity index (χ2v) is 5.21. The normalized spacial score (nSPS) is 18.7. The molecule has 2 amide bonds. The number of amides is 2. The van der Waals surface area contributed by atoms with E-state index in [1.807, 2.05) is 0 Å². The largest absolute Gasteiger partial charge is 0.393 e. The van der Waals surface area contributed by atoms with Crippen LogP contribution < -0.4 is 11.1 Å². The van der Waals surface area contributed by atoms with Crippen molar-refractivity contribution < 1.29 is 13.6 Å². The number of nitrogens with zero attached hydrogens (tertiary/aromatic N) is 1. The standard InChI is InChI=1S/C13H15F2N3OS/c14-9-3-4-11(10(15)6-9)17-13(19)18-5-1-2-8(7-18)12(16)20/h3-4,6,8H,1-2,5,7H2,(H2,16,20)(H,17,19). The molecule has 1 fully saturated rings. The third kappa shape index (κ3) is 3.41. The zero-order valence-electron chi connectivity index (χ0n) is 10.7. The van der Waals surface area contributed by atoms with Crippen molar-refractivity contribution in [3.8, 4) is 0 Å². The van der Waals surface area contributed by atoms with E-state index in [9.17, 15) is 13.6 Å². The topological polar surface area (TPSA) is 58.4 Å². The average Bonchev–Trinajstić information content (AvgIpc) is 2.42. The van der Waals surface area contributed by atoms with Crippen molar-refractivity contribution in [3.05, 3.63) is 29.8 Å². The molecule has 7 heteroatoms. The highest BCUT2D eigenvalue weighted by Crippen LogP contribution is 2.19. The average molecular weight is 299 g/mol. The number of hydrogen-bond donors (Lipinski definition) is 2. The number of nitrogens with one attached hydrogen (secondary N) is 1. The number of carbonyl (C=O) groups is 1. The van der Waals surface area contributed by atoms with Crippen molar-refractivity contribution in [1.82, 2.24) is 4.90 Å². The molecule has 0 spiro atoms. The maximum Gasteiger partial charge on any atom is 0.321 e. The lowest BCUT2D eigenvalue weighted by atomic mass is 9.98. The molecule has 1 aromatic rings. The van der Waals surface area contributed by atoms with Gasteiger partial charge in [0.1, 0.15) is 11.6 Å². The number of piperidine rings is 1. The number of nitrogens with two attached hydrogens (primary N) is 1. The molecular weight excluding hydrogens is 284 g/mol. The molecule has 108 valence electrons. The van der Waals surface area contributed by atoms with E-state index in [0.717, 1.165) is 25.0 Å². The molecule has 1 unspecified atom stereocenters. The highest BCUT2D eigenvalue weighted by atomic mass is 32.1. The van der Waals surface area contributed by atoms with Crippen molar-refractivity contribution in [3.63, 3.8) is 0 Å². The lowest BCUT2D eigenvalue weighted by Gasteiger charge is -2.32. The third-order valence-corrected chi connectivity index (χ3v) is 3.62. The summed E-state index contributed by atoms with van der Waals surface area (Å²) < 4.78 is 26.3. The number of carbonyl (C=O) groups excluding carboxylic acids is 1. The van der Waals surface area contributed by atoms with Gasteiger partial charge in [0.2, 0.25) is 0 Å². The van der Waals surface area contributed by atoms with Gasteiger partial charge in [-0.25, -0.2) is 13.6 Å². The van der Waals surface area contributed by atoms with Gasteiger partial charge in [0.05, 0.1) is 10.7 Å². The highest BCUT2D eigenvalue weighted by Gasteiger charge is 2.25. The summed E-state index contributed by atoms with van der Waals surface area (Å²) in [7, 11) is 0. The van der Waals surface area contributed by atoms with E-state index < -0.39 is 17.7 Å². The van der Waals surface area contributed by atoms with Crippen LogP contribution in [0.25, 0.3) is 0 Å². The zero-order valence-corrected chi connectivity index (χ0v) is 11.6. The van der Waals surface area contributed by atoms with Crippen LogP contribution >= 0.6 is 12.2 Å². The molecule has 1 aliphatic heterocycles. The van der Waals surface area contributed by atoms with E-state index in [1.165, 1.54) is 11.0 Å². The minimum atomic E-state index is -0.804. The van der Waals surface area contributed by atoms with Gasteiger partial charge in [0.15, 0.2) is 0 Å². The van der Waals surface area contributed by atoms with Crippen LogP contribution in [0.2, 0.25) is 0 Å². The van der Waals surface area contributed by atoms with E-state index in [1.54, 1.807) is 0 Å². The Hall–Kier alpha value is -1.76. The molecule has 3 N–H and O–H groups in total. The van der Waals surface area contributed by atoms with E-state index >= 15 is 0 Å². The summed E-state index contributed by atoms with van der Waals surface area (Å²) in [5, 5.41) is 2.43. The Bertz CT molecular complexity index is 538. The molecule has 0 bridgehead atoms. The van der Waals surface area contributed by atoms with E-state index in [-0.39, 0.29) is 11.6 Å². The van der Waals surface area contributed by atoms with Crippen LogP contribution in [0.4, 0.5) is 19.3 Å². The smallest absolute Gasteiger partial charge is 0.321 e. The summed E-state index contributed by atoms with van der Waals surface area (Å²) in [5.74, 6) is -1.50. The van der Waals surface area contributed by atoms with Crippen molar-refractivity contribution in [1.29, 1.82) is 0 Å². The lowest BCUT2D eigenvalue weighted by molar-refractivity contribution is 0.191. The first-order valence-electron chi connectivity index (χ1n) is 6.27. The second-order valence-electron chi connectivity index (χ2n) is 4.74. The van der Waals surface area contributed by atoms with Crippen molar-refractivity contribution in [2.45, 2.75) is 12.8 Å². The van der Waals surface area contributed by atoms with Gasteiger partial charge >= 0.3 is 6.03 Å². The molecule has 1 heterocycles. The number of rotatable bonds is 2. The zero-order chi connectivity index (χ0) is 14.7. The van der Waals surface area contributed by atoms with Crippen LogP contribution in [0.3, 0.4) is 0 Å². The van der Waals surface area contributed by atoms with Crippen molar-refractivity contribution in [2.24, 2.45) is 11.7 Å². The number of benzene rings is 1. The highest BCUT2D eigenvalue weighted by molar-refractivity contribution is 7.80. The number of halogens is 2. The van der Waals surface area contributed by atoms with Gasteiger partial charge in [-0.05, 0) is 25.0 Å². The van der Waals surface area contributed by atoms with Gasteiger partial charge in [0.25, 0.3) is 0 Å². The van der Waals surface area contributed by atoms with Crippen LogP contribution in [0.5, 0.6) is 0 Å². The number of likely N-dealkylation sites (tertiary alicyclic amines) is 1. The van der Waals surface area contributed by atoms with E-state index in [0.29, 0.717) is 18.1 Å². The van der Waals surface area contributed by atoms with Crippen molar-refractivity contribution >= 4 is 28.9 Å². The summed E-state index contributed by atoms with van der Waals surface area (Å²) in [6.45, 7) is 0.984. The van der Waals surface area contributed by atoms with E-state index in [4.69, 9.17) is 18.0 Å². The first-order chi connectivity index (χ1) is 9.47. The van der Waals surface area contributed by atoms with Gasteiger partial charge in [-0.15, -0.1) is 0 Å². The number of hydrogen-bond acceptors (Lipinski definition) is 2. The molecular formula is C13H15F2N3OS. The summed E-state index contributed by atoms with van der Waals surface area (Å²) >= 11 is 4.94. The quantitative estimate of drug-likeness (QED) is 0.825. The molecule has 0 radical (unpaired) electrons. The van der Waals surface area contributed by atoms with Crippen LogP contribution in [-0.4, -0.2) is 29.0 Å². The maximum absolute atomic E-state index is 13.5. The van der Waals surface area contributed by atoms with Crippen LogP contribution in [0.1, 0.15) is 12.8 Å². The number of anilines is 1. The third-order valence-electron chi connectivity index (χ3n) is 3.28. The molecule has 1 aliphatic rings. The lowest BCUT2D eigenvalue weighted by Crippen LogP contribution is -2.45. The monoisotopic (exact) mass is 299 g/mol. The number of thiocarbonyl (C=S) groups is 1. The molecule has 20 heavy (non-hydrogen) atoms. The SMILES string of the molecule is NC(=S)C1CCCN(C(=O)Nc2ccc(F)cc2F)C1. The first-order valence-corrected chi connectivity index (χ1v) is 6.68. The second kappa shape index (κ2) is 6.13. The Kier molecular flexibility index (Phi) is 4.49. The summed E-state index contributed by atoms with van der Waals surface area (Å²) in [4.78, 5) is 14.0. The minimum Gasteiger partial charge on any atom is -0.393 e. The molecule has 4 nitrogen and oxygen atoms in total. The van der Waals surface area contributed by atoms with Gasteiger partial charge in [-0.3, -0.25) is 0 Å². The fourth-order valence-electron chi connectivity index (χ4n) is 2.18. The Balaban J connectivity index is 2.02. The molecule has 2 rings (SSSR count). The predicted octanol–water partition coefficient (Wildman–Crippen LogP) is 2.49. The molecule has 0 saturated carbocycles. The Labute approximate surface area is 120 Å². The van der Waals surface area contributed by atoms with Crippen LogP contribution in [0.15, 0.2) is 18.2 Å². The first kappa shape index (κ1) is 14.6. The van der Waals surface area contributed by atoms with Gasteiger partial charge < -0.3 is 16.0 Å². The summed E-state index contributed by atoms with van der Waals surface area (Å²) in [6, 6.07) is 2.57. The van der Waals surface area contributed by atoms with Crippen molar-refractivity contribution in [2.75, 3.05) is 18.4 Å². The number of urea groups is 1. The Morgan fingerprint density at radius 1 is 1.45 bits per heavy atom. The fourth-order valence-corrected chi connectivity index (χ4v) is 2.37. The molecule has 1 aromatic carbocycles. The fraction of sp³-hybridized carbons (Fsp3) is 0.385. The van der Waals surface area contributed by atoms with E-state index in [2.05, 4.69) is 5.32 Å².